The summed E-state index contributed by atoms with van der Waals surface area (Å²) in [5.41, 5.74) is 3.71. The molecule has 2 aromatic carbocycles. The lowest BCUT2D eigenvalue weighted by molar-refractivity contribution is 0.108. The number of halogens is 1. The van der Waals surface area contributed by atoms with Crippen molar-refractivity contribution in [1.29, 1.82) is 0 Å². The van der Waals surface area contributed by atoms with Crippen LogP contribution in [-0.4, -0.2) is 4.98 Å². The maximum Gasteiger partial charge on any atom is 0.149 e. The van der Waals surface area contributed by atoms with Gasteiger partial charge in [-0.2, -0.15) is 0 Å². The maximum atomic E-state index is 13.7. The first-order valence-corrected chi connectivity index (χ1v) is 6.89. The summed E-state index contributed by atoms with van der Waals surface area (Å²) in [6.07, 6.45) is 1.62. The van der Waals surface area contributed by atoms with Crippen molar-refractivity contribution >= 4 is 10.9 Å². The molecule has 0 saturated carbocycles. The van der Waals surface area contributed by atoms with Crippen LogP contribution in [-0.2, 0) is 18.0 Å². The first-order valence-electron chi connectivity index (χ1n) is 6.89. The normalized spacial score (nSPS) is 11.0. The molecule has 0 unspecified atom stereocenters. The van der Waals surface area contributed by atoms with E-state index in [1.807, 2.05) is 12.1 Å². The molecular weight excluding hydrogens is 265 g/mol. The average molecular weight is 281 g/mol. The van der Waals surface area contributed by atoms with E-state index >= 15 is 0 Å². The van der Waals surface area contributed by atoms with Gasteiger partial charge in [0.2, 0.25) is 0 Å². The fraction of sp³-hybridized carbons (Fsp3) is 0.167. The minimum absolute atomic E-state index is 0.298. The maximum absolute atomic E-state index is 13.7. The molecule has 0 N–H and O–H groups in total. The van der Waals surface area contributed by atoms with Gasteiger partial charge in [-0.15, -0.1) is 0 Å². The number of aryl methyl sites for hydroxylation is 1. The fourth-order valence-corrected chi connectivity index (χ4v) is 2.29. The Morgan fingerprint density at radius 3 is 2.62 bits per heavy atom. The van der Waals surface area contributed by atoms with Crippen LogP contribution in [0.1, 0.15) is 16.7 Å². The Balaban J connectivity index is 1.73. The third-order valence-electron chi connectivity index (χ3n) is 3.46. The van der Waals surface area contributed by atoms with Gasteiger partial charge in [0.1, 0.15) is 11.3 Å². The number of ether oxygens (including phenoxy) is 1. The van der Waals surface area contributed by atoms with E-state index in [0.29, 0.717) is 18.7 Å². The van der Waals surface area contributed by atoms with Crippen molar-refractivity contribution in [3.05, 3.63) is 77.2 Å². The molecule has 3 rings (SSSR count). The molecule has 1 heterocycles. The van der Waals surface area contributed by atoms with Gasteiger partial charge in [-0.25, -0.2) is 4.39 Å². The molecular formula is C18H16FNO. The zero-order valence-electron chi connectivity index (χ0n) is 11.8. The molecule has 3 aromatic rings. The van der Waals surface area contributed by atoms with Crippen molar-refractivity contribution in [2.45, 2.75) is 20.1 Å². The van der Waals surface area contributed by atoms with E-state index in [1.54, 1.807) is 12.3 Å². The van der Waals surface area contributed by atoms with Crippen molar-refractivity contribution in [2.75, 3.05) is 0 Å². The summed E-state index contributed by atoms with van der Waals surface area (Å²) in [6.45, 7) is 3.04. The summed E-state index contributed by atoms with van der Waals surface area (Å²) in [5, 5.41) is 0.807. The lowest BCUT2D eigenvalue weighted by Gasteiger charge is -2.08. The standard InChI is InChI=1S/C18H16FNO/c1-13-5-7-14(8-6-13)11-21-12-15-9-10-20-18-16(15)3-2-4-17(18)19/h2-10H,11-12H2,1H3. The second kappa shape index (κ2) is 6.02. The number of hydrogen-bond donors (Lipinski definition) is 0. The lowest BCUT2D eigenvalue weighted by Crippen LogP contribution is -1.96. The topological polar surface area (TPSA) is 22.1 Å². The van der Waals surface area contributed by atoms with Crippen LogP contribution < -0.4 is 0 Å². The number of pyridine rings is 1. The van der Waals surface area contributed by atoms with Crippen molar-refractivity contribution in [1.82, 2.24) is 4.98 Å². The number of fused-ring (bicyclic) bond motifs is 1. The molecule has 0 saturated heterocycles. The van der Waals surface area contributed by atoms with Gasteiger partial charge in [0.05, 0.1) is 13.2 Å². The Bertz CT molecular complexity index is 753. The second-order valence-corrected chi connectivity index (χ2v) is 5.08. The highest BCUT2D eigenvalue weighted by Crippen LogP contribution is 2.20. The molecule has 2 nitrogen and oxygen atoms in total. The summed E-state index contributed by atoms with van der Waals surface area (Å²) in [7, 11) is 0. The van der Waals surface area contributed by atoms with Gasteiger partial charge in [0.25, 0.3) is 0 Å². The third kappa shape index (κ3) is 3.09. The molecule has 106 valence electrons. The number of benzene rings is 2. The highest BCUT2D eigenvalue weighted by atomic mass is 19.1. The SMILES string of the molecule is Cc1ccc(COCc2ccnc3c(F)cccc23)cc1. The van der Waals surface area contributed by atoms with Gasteiger partial charge >= 0.3 is 0 Å². The van der Waals surface area contributed by atoms with Gasteiger partial charge in [-0.3, -0.25) is 4.98 Å². The molecule has 21 heavy (non-hydrogen) atoms. The number of rotatable bonds is 4. The van der Waals surface area contributed by atoms with Crippen LogP contribution in [0.4, 0.5) is 4.39 Å². The van der Waals surface area contributed by atoms with E-state index < -0.39 is 0 Å². The summed E-state index contributed by atoms with van der Waals surface area (Å²) in [5.74, 6) is -0.298. The zero-order chi connectivity index (χ0) is 14.7. The predicted molar refractivity (Wildman–Crippen MR) is 81.4 cm³/mol. The van der Waals surface area contributed by atoms with E-state index in [2.05, 4.69) is 36.2 Å². The molecule has 0 amide bonds. The first kappa shape index (κ1) is 13.7. The van der Waals surface area contributed by atoms with Gasteiger partial charge in [0.15, 0.2) is 0 Å². The molecule has 0 fully saturated rings. The van der Waals surface area contributed by atoms with Gasteiger partial charge < -0.3 is 4.74 Å². The number of nitrogens with zero attached hydrogens (tertiary/aromatic N) is 1. The Morgan fingerprint density at radius 1 is 1.00 bits per heavy atom. The molecule has 0 aliphatic heterocycles. The molecule has 0 aliphatic rings. The Morgan fingerprint density at radius 2 is 1.81 bits per heavy atom. The summed E-state index contributed by atoms with van der Waals surface area (Å²) < 4.78 is 19.4. The first-order chi connectivity index (χ1) is 10.2. The largest absolute Gasteiger partial charge is 0.372 e. The van der Waals surface area contributed by atoms with Crippen LogP contribution in [0, 0.1) is 12.7 Å². The number of para-hydroxylation sites is 1. The van der Waals surface area contributed by atoms with Crippen LogP contribution in [0.5, 0.6) is 0 Å². The predicted octanol–water partition coefficient (Wildman–Crippen LogP) is 4.40. The lowest BCUT2D eigenvalue weighted by atomic mass is 10.1. The Labute approximate surface area is 123 Å². The Kier molecular flexibility index (Phi) is 3.93. The van der Waals surface area contributed by atoms with Crippen LogP contribution in [0.15, 0.2) is 54.7 Å². The second-order valence-electron chi connectivity index (χ2n) is 5.08. The molecule has 0 aliphatic carbocycles. The van der Waals surface area contributed by atoms with Gasteiger partial charge in [0, 0.05) is 11.6 Å². The third-order valence-corrected chi connectivity index (χ3v) is 3.46. The number of aromatic nitrogens is 1. The summed E-state index contributed by atoms with van der Waals surface area (Å²) in [6, 6.07) is 15.1. The average Bonchev–Trinajstić information content (AvgIpc) is 2.50. The fourth-order valence-electron chi connectivity index (χ4n) is 2.29. The van der Waals surface area contributed by atoms with Crippen molar-refractivity contribution in [3.63, 3.8) is 0 Å². The van der Waals surface area contributed by atoms with E-state index in [4.69, 9.17) is 4.74 Å². The van der Waals surface area contributed by atoms with Gasteiger partial charge in [-0.05, 0) is 30.2 Å². The smallest absolute Gasteiger partial charge is 0.149 e. The highest BCUT2D eigenvalue weighted by Gasteiger charge is 2.06. The summed E-state index contributed by atoms with van der Waals surface area (Å²) in [4.78, 5) is 4.09. The van der Waals surface area contributed by atoms with Crippen LogP contribution >= 0.6 is 0 Å². The minimum Gasteiger partial charge on any atom is -0.372 e. The monoisotopic (exact) mass is 281 g/mol. The molecule has 0 spiro atoms. The van der Waals surface area contributed by atoms with Crippen LogP contribution in [0.3, 0.4) is 0 Å². The molecule has 0 bridgehead atoms. The zero-order valence-corrected chi connectivity index (χ0v) is 11.8. The van der Waals surface area contributed by atoms with Crippen molar-refractivity contribution < 1.29 is 9.13 Å². The van der Waals surface area contributed by atoms with Crippen LogP contribution in [0.2, 0.25) is 0 Å². The molecule has 0 radical (unpaired) electrons. The molecule has 1 aromatic heterocycles. The van der Waals surface area contributed by atoms with Crippen LogP contribution in [0.25, 0.3) is 10.9 Å². The van der Waals surface area contributed by atoms with E-state index in [1.165, 1.54) is 11.6 Å². The minimum atomic E-state index is -0.298. The highest BCUT2D eigenvalue weighted by molar-refractivity contribution is 5.82. The molecule has 3 heteroatoms. The van der Waals surface area contributed by atoms with E-state index in [-0.39, 0.29) is 5.82 Å². The number of hydrogen-bond acceptors (Lipinski definition) is 2. The molecule has 0 atom stereocenters. The van der Waals surface area contributed by atoms with Gasteiger partial charge in [-0.1, -0.05) is 42.0 Å². The van der Waals surface area contributed by atoms with E-state index in [0.717, 1.165) is 16.5 Å². The van der Waals surface area contributed by atoms with E-state index in [9.17, 15) is 4.39 Å². The van der Waals surface area contributed by atoms with Crippen molar-refractivity contribution in [3.8, 4) is 0 Å². The summed E-state index contributed by atoms with van der Waals surface area (Å²) >= 11 is 0. The quantitative estimate of drug-likeness (QED) is 0.707. The Hall–Kier alpha value is -2.26. The van der Waals surface area contributed by atoms with Crippen molar-refractivity contribution in [2.24, 2.45) is 0 Å².